The van der Waals surface area contributed by atoms with Gasteiger partial charge in [0.25, 0.3) is 0 Å². The molecule has 0 radical (unpaired) electrons. The fourth-order valence-corrected chi connectivity index (χ4v) is 2.83. The minimum absolute atomic E-state index is 0.0994. The molecule has 0 unspecified atom stereocenters. The number of anilines is 1. The Morgan fingerprint density at radius 2 is 2.16 bits per heavy atom. The van der Waals surface area contributed by atoms with Crippen LogP contribution in [-0.2, 0) is 11.5 Å². The topological polar surface area (TPSA) is 76.4 Å². The maximum absolute atomic E-state index is 11.2. The summed E-state index contributed by atoms with van der Waals surface area (Å²) in [5.41, 5.74) is 0.559. The summed E-state index contributed by atoms with van der Waals surface area (Å²) in [6, 6.07) is 1.04. The van der Waals surface area contributed by atoms with Crippen LogP contribution in [0.3, 0.4) is 0 Å². The highest BCUT2D eigenvalue weighted by molar-refractivity contribution is 9.10. The monoisotopic (exact) mass is 349 g/mol. The van der Waals surface area contributed by atoms with E-state index in [0.29, 0.717) is 16.9 Å². The second-order valence-electron chi connectivity index (χ2n) is 5.42. The number of aromatic carboxylic acids is 1. The first kappa shape index (κ1) is 16.2. The Kier molecular flexibility index (Phi) is 5.57. The first-order valence-electron chi connectivity index (χ1n) is 6.01. The Hall–Kier alpha value is -0.863. The van der Waals surface area contributed by atoms with E-state index in [0.717, 1.165) is 6.04 Å². The molecule has 0 saturated heterocycles. The van der Waals surface area contributed by atoms with Crippen molar-refractivity contribution in [3.63, 3.8) is 0 Å². The normalized spacial score (nSPS) is 11.6. The number of carboxylic acid groups (broad SMARTS) is 1. The lowest BCUT2D eigenvalue weighted by Gasteiger charge is -2.15. The van der Waals surface area contributed by atoms with E-state index in [1.54, 1.807) is 7.05 Å². The Bertz CT molecular complexity index is 457. The van der Waals surface area contributed by atoms with Crippen molar-refractivity contribution in [1.82, 2.24) is 9.78 Å². The molecule has 0 aliphatic heterocycles. The van der Waals surface area contributed by atoms with Gasteiger partial charge in [0.2, 0.25) is 0 Å². The number of ether oxygens (including phenoxy) is 1. The highest BCUT2D eigenvalue weighted by Crippen LogP contribution is 2.25. The zero-order valence-electron chi connectivity index (χ0n) is 11.7. The first-order valence-corrected chi connectivity index (χ1v) is 10.5. The van der Waals surface area contributed by atoms with Crippen LogP contribution in [0, 0.1) is 0 Å². The van der Waals surface area contributed by atoms with Gasteiger partial charge in [-0.05, 0) is 22.0 Å². The average molecular weight is 350 g/mol. The van der Waals surface area contributed by atoms with Crippen molar-refractivity contribution >= 4 is 35.7 Å². The number of hydrogen-bond acceptors (Lipinski definition) is 4. The predicted molar refractivity (Wildman–Crippen MR) is 80.5 cm³/mol. The van der Waals surface area contributed by atoms with E-state index in [2.05, 4.69) is 46.0 Å². The Labute approximate surface area is 122 Å². The molecule has 0 aliphatic carbocycles. The first-order chi connectivity index (χ1) is 8.76. The van der Waals surface area contributed by atoms with Crippen molar-refractivity contribution in [3.05, 3.63) is 10.3 Å². The number of aromatic nitrogens is 2. The van der Waals surface area contributed by atoms with Crippen LogP contribution in [0.25, 0.3) is 0 Å². The van der Waals surface area contributed by atoms with Crippen LogP contribution in [0.1, 0.15) is 10.5 Å². The summed E-state index contributed by atoms with van der Waals surface area (Å²) >= 11 is 3.23. The fraction of sp³-hybridized carbons (Fsp3) is 0.636. The van der Waals surface area contributed by atoms with Gasteiger partial charge in [0.15, 0.2) is 10.3 Å². The second-order valence-corrected chi connectivity index (χ2v) is 11.8. The molecular weight excluding hydrogens is 330 g/mol. The molecule has 0 amide bonds. The third-order valence-corrected chi connectivity index (χ3v) is 4.83. The molecular formula is C11H20BrN3O3Si. The molecule has 108 valence electrons. The summed E-state index contributed by atoms with van der Waals surface area (Å²) in [6.07, 6.45) is 0. The molecule has 0 aliphatic rings. The van der Waals surface area contributed by atoms with Gasteiger partial charge < -0.3 is 15.2 Å². The van der Waals surface area contributed by atoms with E-state index in [1.165, 1.54) is 4.68 Å². The van der Waals surface area contributed by atoms with E-state index in [1.807, 2.05) is 0 Å². The lowest BCUT2D eigenvalue weighted by atomic mass is 10.3. The van der Waals surface area contributed by atoms with Gasteiger partial charge in [-0.1, -0.05) is 19.6 Å². The Morgan fingerprint density at radius 1 is 1.53 bits per heavy atom. The standard InChI is InChI=1S/C11H20BrN3O3Si/c1-13-8-9(11(16)17)15(14-10(8)12)7-18-5-6-19(2,3)4/h13H,5-7H2,1-4H3,(H,16,17). The highest BCUT2D eigenvalue weighted by atomic mass is 79.9. The Balaban J connectivity index is 2.71. The molecule has 0 bridgehead atoms. The number of nitrogens with zero attached hydrogens (tertiary/aromatic N) is 2. The molecule has 1 heterocycles. The van der Waals surface area contributed by atoms with Gasteiger partial charge in [-0.15, -0.1) is 0 Å². The van der Waals surface area contributed by atoms with Gasteiger partial charge in [-0.2, -0.15) is 5.10 Å². The van der Waals surface area contributed by atoms with E-state index < -0.39 is 14.0 Å². The van der Waals surface area contributed by atoms with Crippen LogP contribution in [0.5, 0.6) is 0 Å². The van der Waals surface area contributed by atoms with E-state index in [4.69, 9.17) is 4.74 Å². The molecule has 19 heavy (non-hydrogen) atoms. The van der Waals surface area contributed by atoms with Crippen LogP contribution >= 0.6 is 15.9 Å². The third-order valence-electron chi connectivity index (χ3n) is 2.57. The Morgan fingerprint density at radius 3 is 2.63 bits per heavy atom. The molecule has 0 saturated carbocycles. The predicted octanol–water partition coefficient (Wildman–Crippen LogP) is 2.70. The molecule has 8 heteroatoms. The van der Waals surface area contributed by atoms with Crippen molar-refractivity contribution in [3.8, 4) is 0 Å². The molecule has 1 aromatic rings. The lowest BCUT2D eigenvalue weighted by molar-refractivity contribution is 0.0591. The number of carbonyl (C=O) groups is 1. The quantitative estimate of drug-likeness (QED) is 0.584. The van der Waals surface area contributed by atoms with Crippen molar-refractivity contribution in [2.75, 3.05) is 19.0 Å². The molecule has 6 nitrogen and oxygen atoms in total. The maximum Gasteiger partial charge on any atom is 0.356 e. The number of carboxylic acids is 1. The lowest BCUT2D eigenvalue weighted by Crippen LogP contribution is -2.22. The van der Waals surface area contributed by atoms with Crippen LogP contribution in [-0.4, -0.2) is 42.6 Å². The zero-order valence-corrected chi connectivity index (χ0v) is 14.2. The SMILES string of the molecule is CNc1c(Br)nn(COCC[Si](C)(C)C)c1C(=O)O. The molecule has 2 N–H and O–H groups in total. The second kappa shape index (κ2) is 6.53. The molecule has 0 aromatic carbocycles. The summed E-state index contributed by atoms with van der Waals surface area (Å²) in [5.74, 6) is -1.03. The van der Waals surface area contributed by atoms with Gasteiger partial charge in [-0.25, -0.2) is 9.48 Å². The largest absolute Gasteiger partial charge is 0.476 e. The summed E-state index contributed by atoms with van der Waals surface area (Å²) in [4.78, 5) is 11.2. The van der Waals surface area contributed by atoms with Crippen LogP contribution in [0.15, 0.2) is 4.60 Å². The van der Waals surface area contributed by atoms with Crippen molar-refractivity contribution in [2.24, 2.45) is 0 Å². The van der Waals surface area contributed by atoms with Crippen LogP contribution in [0.4, 0.5) is 5.69 Å². The molecule has 1 rings (SSSR count). The summed E-state index contributed by atoms with van der Waals surface area (Å²) in [7, 11) is 0.521. The third kappa shape index (κ3) is 4.63. The van der Waals surface area contributed by atoms with Gasteiger partial charge in [0, 0.05) is 21.7 Å². The maximum atomic E-state index is 11.2. The smallest absolute Gasteiger partial charge is 0.356 e. The molecule has 0 atom stereocenters. The van der Waals surface area contributed by atoms with Gasteiger partial charge in [-0.3, -0.25) is 0 Å². The summed E-state index contributed by atoms with van der Waals surface area (Å²) < 4.78 is 7.35. The molecule has 1 aromatic heterocycles. The highest BCUT2D eigenvalue weighted by Gasteiger charge is 2.21. The minimum atomic E-state index is -1.14. The van der Waals surface area contributed by atoms with Crippen LogP contribution in [0.2, 0.25) is 25.7 Å². The average Bonchev–Trinajstić information content (AvgIpc) is 2.59. The summed E-state index contributed by atoms with van der Waals surface area (Å²) in [5, 5.41) is 16.1. The van der Waals surface area contributed by atoms with Gasteiger partial charge in [0.1, 0.15) is 12.4 Å². The fourth-order valence-electron chi connectivity index (χ4n) is 1.49. The number of hydrogen-bond donors (Lipinski definition) is 2. The van der Waals surface area contributed by atoms with E-state index in [-0.39, 0.29) is 12.4 Å². The zero-order chi connectivity index (χ0) is 14.6. The van der Waals surface area contributed by atoms with Crippen molar-refractivity contribution < 1.29 is 14.6 Å². The van der Waals surface area contributed by atoms with Gasteiger partial charge in [0.05, 0.1) is 0 Å². The number of rotatable bonds is 7. The van der Waals surface area contributed by atoms with E-state index >= 15 is 0 Å². The minimum Gasteiger partial charge on any atom is -0.476 e. The number of halogens is 1. The van der Waals surface area contributed by atoms with Crippen LogP contribution < -0.4 is 5.32 Å². The molecule has 0 spiro atoms. The van der Waals surface area contributed by atoms with Gasteiger partial charge >= 0.3 is 5.97 Å². The summed E-state index contributed by atoms with van der Waals surface area (Å²) in [6.45, 7) is 7.57. The number of nitrogens with one attached hydrogen (secondary N) is 1. The molecule has 0 fully saturated rings. The van der Waals surface area contributed by atoms with Crippen molar-refractivity contribution in [1.29, 1.82) is 0 Å². The van der Waals surface area contributed by atoms with E-state index in [9.17, 15) is 9.90 Å². The van der Waals surface area contributed by atoms with Crippen molar-refractivity contribution in [2.45, 2.75) is 32.4 Å².